The van der Waals surface area contributed by atoms with Crippen molar-refractivity contribution in [3.63, 3.8) is 0 Å². The Morgan fingerprint density at radius 3 is 1.64 bits per heavy atom. The first-order valence-corrected chi connectivity index (χ1v) is 5.46. The highest BCUT2D eigenvalue weighted by atomic mass is 28.1. The fraction of sp³-hybridized carbons (Fsp3) is 1.00. The van der Waals surface area contributed by atoms with Crippen LogP contribution >= 0.6 is 0 Å². The second-order valence-corrected chi connectivity index (χ2v) is 4.05. The van der Waals surface area contributed by atoms with E-state index < -0.39 is 0 Å². The van der Waals surface area contributed by atoms with E-state index in [1.807, 2.05) is 0 Å². The van der Waals surface area contributed by atoms with Gasteiger partial charge in [0.25, 0.3) is 0 Å². The maximum absolute atomic E-state index is 3.47. The van der Waals surface area contributed by atoms with E-state index in [-0.39, 0.29) is 5.79 Å². The molecule has 0 bridgehead atoms. The lowest BCUT2D eigenvalue weighted by Crippen LogP contribution is -2.62. The largest absolute Gasteiger partial charge is 0.291 e. The van der Waals surface area contributed by atoms with Gasteiger partial charge in [-0.15, -0.1) is 0 Å². The quantitative estimate of drug-likeness (QED) is 0.423. The molecule has 0 radical (unpaired) electrons. The molecule has 0 fully saturated rings. The average molecular weight is 175 g/mol. The number of hydrogen-bond acceptors (Lipinski definition) is 3. The highest BCUT2D eigenvalue weighted by Gasteiger charge is 2.27. The molecule has 11 heavy (non-hydrogen) atoms. The van der Waals surface area contributed by atoms with E-state index in [0.717, 1.165) is 6.17 Å². The Bertz CT molecular complexity index is 106. The summed E-state index contributed by atoms with van der Waals surface area (Å²) in [6.45, 7) is 2.19. The molecule has 0 aromatic heterocycles. The van der Waals surface area contributed by atoms with Crippen molar-refractivity contribution in [2.24, 2.45) is 0 Å². The molecule has 0 spiro atoms. The van der Waals surface area contributed by atoms with E-state index >= 15 is 0 Å². The summed E-state index contributed by atoms with van der Waals surface area (Å²) in [5, 5.41) is 3.47. The minimum atomic E-state index is 0.00174. The molecule has 0 amide bonds. The van der Waals surface area contributed by atoms with Crippen LogP contribution in [0.2, 0.25) is 0 Å². The minimum absolute atomic E-state index is 0.00174. The molecule has 68 valence electrons. The van der Waals surface area contributed by atoms with Crippen molar-refractivity contribution < 1.29 is 0 Å². The van der Waals surface area contributed by atoms with Crippen LogP contribution in [-0.2, 0) is 0 Å². The lowest BCUT2D eigenvalue weighted by atomic mass is 10.3. The average Bonchev–Trinajstić information content (AvgIpc) is 1.87. The van der Waals surface area contributed by atoms with Crippen LogP contribution < -0.4 is 5.32 Å². The second-order valence-electron chi connectivity index (χ2n) is 3.34. The van der Waals surface area contributed by atoms with E-state index in [1.54, 1.807) is 0 Å². The summed E-state index contributed by atoms with van der Waals surface area (Å²) in [7, 11) is 9.55. The maximum Gasteiger partial charge on any atom is 0.124 e. The van der Waals surface area contributed by atoms with E-state index in [0.29, 0.717) is 0 Å². The monoisotopic (exact) mass is 175 g/mol. The fourth-order valence-corrected chi connectivity index (χ4v) is 1.72. The summed E-state index contributed by atoms with van der Waals surface area (Å²) in [5.74, 6) is 0.00174. The summed E-state index contributed by atoms with van der Waals surface area (Å²) < 4.78 is 0. The van der Waals surface area contributed by atoms with Crippen LogP contribution in [0.1, 0.15) is 6.92 Å². The third-order valence-corrected chi connectivity index (χ3v) is 2.61. The minimum Gasteiger partial charge on any atom is -0.291 e. The van der Waals surface area contributed by atoms with Gasteiger partial charge in [0.1, 0.15) is 5.79 Å². The summed E-state index contributed by atoms with van der Waals surface area (Å²) in [6.07, 6.45) is 1.12. The van der Waals surface area contributed by atoms with Gasteiger partial charge in [-0.1, -0.05) is 0 Å². The smallest absolute Gasteiger partial charge is 0.124 e. The van der Waals surface area contributed by atoms with Gasteiger partial charge in [0.05, 0.1) is 0 Å². The zero-order chi connectivity index (χ0) is 9.07. The van der Waals surface area contributed by atoms with E-state index in [9.17, 15) is 0 Å². The van der Waals surface area contributed by atoms with Crippen LogP contribution in [-0.4, -0.2) is 60.2 Å². The van der Waals surface area contributed by atoms with Gasteiger partial charge in [0.15, 0.2) is 0 Å². The first-order valence-electron chi connectivity index (χ1n) is 4.05. The first kappa shape index (κ1) is 11.1. The van der Waals surface area contributed by atoms with Crippen LogP contribution in [0.25, 0.3) is 0 Å². The van der Waals surface area contributed by atoms with E-state index in [1.165, 1.54) is 10.2 Å². The van der Waals surface area contributed by atoms with Gasteiger partial charge in [-0.2, -0.15) is 0 Å². The Balaban J connectivity index is 4.26. The topological polar surface area (TPSA) is 18.5 Å². The molecule has 0 saturated heterocycles. The van der Waals surface area contributed by atoms with Gasteiger partial charge in [-0.25, -0.2) is 0 Å². The fourth-order valence-electron chi connectivity index (χ4n) is 1.05. The highest BCUT2D eigenvalue weighted by Crippen LogP contribution is 2.08. The Labute approximate surface area is 73.2 Å². The zero-order valence-electron chi connectivity index (χ0n) is 8.60. The lowest BCUT2D eigenvalue weighted by molar-refractivity contribution is -0.00614. The molecule has 0 unspecified atom stereocenters. The summed E-state index contributed by atoms with van der Waals surface area (Å²) in [4.78, 5) is 4.37. The molecular formula is C7H21N3Si. The molecular weight excluding hydrogens is 154 g/mol. The van der Waals surface area contributed by atoms with Crippen LogP contribution in [0, 0.1) is 0 Å². The van der Waals surface area contributed by atoms with Gasteiger partial charge in [-0.3, -0.25) is 15.1 Å². The summed E-state index contributed by atoms with van der Waals surface area (Å²) >= 11 is 0. The molecule has 0 aromatic rings. The standard InChI is InChI=1S/C7H21N3Si/c1-7(8-6-11,9(2)3)10(4)5/h8H,6H2,1-5,11H3. The lowest BCUT2D eigenvalue weighted by Gasteiger charge is -2.42. The number of nitrogens with one attached hydrogen (secondary N) is 1. The SMILES string of the molecule is CN(C)C(C)(NC[SiH3])N(C)C. The van der Waals surface area contributed by atoms with Gasteiger partial charge in [0.2, 0.25) is 0 Å². The summed E-state index contributed by atoms with van der Waals surface area (Å²) in [6, 6.07) is 0. The molecule has 0 aliphatic rings. The van der Waals surface area contributed by atoms with Crippen molar-refractivity contribution >= 4 is 10.2 Å². The first-order chi connectivity index (χ1) is 4.95. The van der Waals surface area contributed by atoms with Gasteiger partial charge in [0, 0.05) is 10.2 Å². The number of rotatable bonds is 4. The second kappa shape index (κ2) is 4.20. The van der Waals surface area contributed by atoms with Crippen LogP contribution in [0.3, 0.4) is 0 Å². The molecule has 0 aliphatic carbocycles. The Morgan fingerprint density at radius 1 is 1.18 bits per heavy atom. The van der Waals surface area contributed by atoms with Crippen molar-refractivity contribution in [1.29, 1.82) is 0 Å². The molecule has 4 heteroatoms. The predicted octanol–water partition coefficient (Wildman–Crippen LogP) is -1.30. The van der Waals surface area contributed by atoms with E-state index in [2.05, 4.69) is 50.2 Å². The predicted molar refractivity (Wildman–Crippen MR) is 53.7 cm³/mol. The van der Waals surface area contributed by atoms with Gasteiger partial charge in [-0.05, 0) is 41.3 Å². The third-order valence-electron chi connectivity index (χ3n) is 2.25. The van der Waals surface area contributed by atoms with Crippen molar-refractivity contribution in [1.82, 2.24) is 15.1 Å². The van der Waals surface area contributed by atoms with Crippen molar-refractivity contribution in [2.45, 2.75) is 12.7 Å². The normalized spacial score (nSPS) is 13.4. The Morgan fingerprint density at radius 2 is 1.55 bits per heavy atom. The van der Waals surface area contributed by atoms with E-state index in [4.69, 9.17) is 0 Å². The highest BCUT2D eigenvalue weighted by molar-refractivity contribution is 6.08. The van der Waals surface area contributed by atoms with Crippen LogP contribution in [0.15, 0.2) is 0 Å². The molecule has 0 aromatic carbocycles. The molecule has 0 aliphatic heterocycles. The molecule has 3 nitrogen and oxygen atoms in total. The van der Waals surface area contributed by atoms with Crippen molar-refractivity contribution in [3.05, 3.63) is 0 Å². The van der Waals surface area contributed by atoms with Crippen molar-refractivity contribution in [3.8, 4) is 0 Å². The number of nitrogens with zero attached hydrogens (tertiary/aromatic N) is 2. The number of hydrogen-bond donors (Lipinski definition) is 1. The molecule has 0 rings (SSSR count). The molecule has 0 heterocycles. The molecule has 1 N–H and O–H groups in total. The zero-order valence-corrected chi connectivity index (χ0v) is 10.6. The maximum atomic E-state index is 3.47. The summed E-state index contributed by atoms with van der Waals surface area (Å²) in [5.41, 5.74) is 0. The van der Waals surface area contributed by atoms with Gasteiger partial charge >= 0.3 is 0 Å². The van der Waals surface area contributed by atoms with Crippen LogP contribution in [0.5, 0.6) is 0 Å². The third kappa shape index (κ3) is 2.55. The van der Waals surface area contributed by atoms with Crippen molar-refractivity contribution in [2.75, 3.05) is 34.4 Å². The molecule has 0 saturated carbocycles. The Hall–Kier alpha value is 0.0969. The Kier molecular flexibility index (Phi) is 4.24. The van der Waals surface area contributed by atoms with Gasteiger partial charge < -0.3 is 0 Å². The molecule has 0 atom stereocenters. The van der Waals surface area contributed by atoms with Crippen LogP contribution in [0.4, 0.5) is 0 Å².